The number of aromatic nitrogens is 2. The van der Waals surface area contributed by atoms with Crippen molar-refractivity contribution in [3.05, 3.63) is 108 Å². The van der Waals surface area contributed by atoms with Crippen LogP contribution in [0.2, 0.25) is 0 Å². The molecule has 2 N–H and O–H groups in total. The smallest absolute Gasteiger partial charge is 0.416 e. The summed E-state index contributed by atoms with van der Waals surface area (Å²) >= 11 is 1.05. The summed E-state index contributed by atoms with van der Waals surface area (Å²) in [4.78, 5) is 11.3. The zero-order valence-corrected chi connectivity index (χ0v) is 22.2. The molecule has 0 saturated heterocycles. The van der Waals surface area contributed by atoms with Gasteiger partial charge in [-0.05, 0) is 66.7 Å². The van der Waals surface area contributed by atoms with Crippen LogP contribution in [-0.4, -0.2) is 21.3 Å². The first-order chi connectivity index (χ1) is 20.3. The maximum atomic E-state index is 13.2. The van der Waals surface area contributed by atoms with Gasteiger partial charge in [0.1, 0.15) is 28.0 Å². The highest BCUT2D eigenvalue weighted by Gasteiger charge is 2.31. The van der Waals surface area contributed by atoms with Crippen molar-refractivity contribution >= 4 is 28.1 Å². The molecule has 7 nitrogen and oxygen atoms in total. The van der Waals surface area contributed by atoms with Crippen LogP contribution >= 0.6 is 11.3 Å². The van der Waals surface area contributed by atoms with Crippen LogP contribution in [0.25, 0.3) is 10.6 Å². The van der Waals surface area contributed by atoms with Crippen LogP contribution in [0.15, 0.2) is 91.0 Å². The van der Waals surface area contributed by atoms with Gasteiger partial charge in [-0.15, -0.1) is 10.2 Å². The van der Waals surface area contributed by atoms with Gasteiger partial charge in [-0.2, -0.15) is 26.3 Å². The monoisotopic (exact) mass is 617 g/mol. The Labute approximate surface area is 243 Å². The number of benzene rings is 4. The van der Waals surface area contributed by atoms with Gasteiger partial charge in [0.15, 0.2) is 0 Å². The van der Waals surface area contributed by atoms with Gasteiger partial charge in [0.05, 0.1) is 16.7 Å². The second kappa shape index (κ2) is 11.6. The lowest BCUT2D eigenvalue weighted by atomic mass is 10.2. The number of rotatable bonds is 8. The van der Waals surface area contributed by atoms with E-state index in [0.29, 0.717) is 16.3 Å². The van der Waals surface area contributed by atoms with Gasteiger partial charge in [0, 0.05) is 17.3 Å². The fourth-order valence-electron chi connectivity index (χ4n) is 3.80. The van der Waals surface area contributed by atoms with Crippen molar-refractivity contribution in [3.63, 3.8) is 0 Å². The zero-order valence-electron chi connectivity index (χ0n) is 21.4. The van der Waals surface area contributed by atoms with E-state index in [1.165, 1.54) is 54.6 Å². The molecule has 0 spiro atoms. The maximum absolute atomic E-state index is 13.2. The molecule has 1 heterocycles. The predicted molar refractivity (Wildman–Crippen MR) is 145 cm³/mol. The second-order valence-electron chi connectivity index (χ2n) is 8.87. The van der Waals surface area contributed by atoms with Crippen molar-refractivity contribution in [2.75, 3.05) is 5.32 Å². The van der Waals surface area contributed by atoms with Crippen LogP contribution in [0.4, 0.5) is 37.2 Å². The van der Waals surface area contributed by atoms with E-state index >= 15 is 0 Å². The highest BCUT2D eigenvalue weighted by molar-refractivity contribution is 7.18. The molecular formula is C29H17F6N3O4S. The number of nitrogens with one attached hydrogen (secondary N) is 1. The minimum atomic E-state index is -4.61. The van der Waals surface area contributed by atoms with E-state index in [4.69, 9.17) is 9.47 Å². The van der Waals surface area contributed by atoms with Gasteiger partial charge < -0.3 is 19.9 Å². The van der Waals surface area contributed by atoms with Gasteiger partial charge >= 0.3 is 18.3 Å². The number of carboxylic acid groups (broad SMARTS) is 1. The maximum Gasteiger partial charge on any atom is 0.416 e. The van der Waals surface area contributed by atoms with Crippen LogP contribution < -0.4 is 14.8 Å². The van der Waals surface area contributed by atoms with E-state index in [0.717, 1.165) is 35.6 Å². The Hall–Kier alpha value is -5.11. The summed E-state index contributed by atoms with van der Waals surface area (Å²) in [7, 11) is 0. The Morgan fingerprint density at radius 1 is 0.698 bits per heavy atom. The van der Waals surface area contributed by atoms with Crippen molar-refractivity contribution in [2.24, 2.45) is 0 Å². The van der Waals surface area contributed by atoms with Crippen LogP contribution in [0, 0.1) is 0 Å². The summed E-state index contributed by atoms with van der Waals surface area (Å²) in [6, 6.07) is 18.5. The standard InChI is InChI=1S/C29H17F6N3O4S/c30-28(31,32)18-5-2-8-21(13-18)41-23-11-17(12-24(15-23)42-22-9-3-6-19(14-22)29(33,34)35)25-37-38-27(43-25)36-20-7-1-4-16(10-20)26(39)40/h1-15H,(H,36,38)(H,39,40). The average Bonchev–Trinajstić information content (AvgIpc) is 3.41. The van der Waals surface area contributed by atoms with Crippen molar-refractivity contribution in [3.8, 4) is 33.6 Å². The second-order valence-corrected chi connectivity index (χ2v) is 9.85. The molecule has 0 radical (unpaired) electrons. The first kappa shape index (κ1) is 29.4. The molecule has 0 fully saturated rings. The molecule has 1 aromatic heterocycles. The third-order valence-corrected chi connectivity index (χ3v) is 6.59. The predicted octanol–water partition coefficient (Wildman–Crippen LogP) is 9.27. The topological polar surface area (TPSA) is 93.6 Å². The van der Waals surface area contributed by atoms with Crippen LogP contribution in [-0.2, 0) is 12.4 Å². The molecule has 220 valence electrons. The number of aromatic carboxylic acids is 1. The molecule has 0 bridgehead atoms. The minimum Gasteiger partial charge on any atom is -0.478 e. The molecule has 43 heavy (non-hydrogen) atoms. The average molecular weight is 618 g/mol. The molecule has 0 aliphatic rings. The highest BCUT2D eigenvalue weighted by Crippen LogP contribution is 2.39. The molecule has 0 saturated carbocycles. The molecule has 0 amide bonds. The van der Waals surface area contributed by atoms with Gasteiger partial charge in [-0.25, -0.2) is 4.79 Å². The number of alkyl halides is 6. The molecule has 0 unspecified atom stereocenters. The summed E-state index contributed by atoms with van der Waals surface area (Å²) in [5, 5.41) is 20.9. The molecule has 0 atom stereocenters. The summed E-state index contributed by atoms with van der Waals surface area (Å²) in [5.41, 5.74) is -1.07. The molecule has 0 aliphatic carbocycles. The van der Waals surface area contributed by atoms with E-state index in [1.807, 2.05) is 0 Å². The first-order valence-corrected chi connectivity index (χ1v) is 12.9. The van der Waals surface area contributed by atoms with Gasteiger partial charge in [-0.3, -0.25) is 0 Å². The van der Waals surface area contributed by atoms with Gasteiger partial charge in [0.25, 0.3) is 0 Å². The Balaban J connectivity index is 1.49. The molecule has 4 aromatic carbocycles. The lowest BCUT2D eigenvalue weighted by Gasteiger charge is -2.13. The van der Waals surface area contributed by atoms with Gasteiger partial charge in [0.2, 0.25) is 5.13 Å². The van der Waals surface area contributed by atoms with Crippen LogP contribution in [0.1, 0.15) is 21.5 Å². The molecule has 5 rings (SSSR count). The third kappa shape index (κ3) is 7.40. The lowest BCUT2D eigenvalue weighted by Crippen LogP contribution is -2.04. The first-order valence-electron chi connectivity index (χ1n) is 12.1. The van der Waals surface area contributed by atoms with Crippen LogP contribution in [0.5, 0.6) is 23.0 Å². The summed E-state index contributed by atoms with van der Waals surface area (Å²) < 4.78 is 90.8. The molecule has 0 aliphatic heterocycles. The molecule has 14 heteroatoms. The molecule has 5 aromatic rings. The van der Waals surface area contributed by atoms with E-state index in [9.17, 15) is 36.2 Å². The lowest BCUT2D eigenvalue weighted by molar-refractivity contribution is -0.138. The van der Waals surface area contributed by atoms with Crippen molar-refractivity contribution < 1.29 is 45.7 Å². The number of nitrogens with zero attached hydrogens (tertiary/aromatic N) is 2. The zero-order chi connectivity index (χ0) is 30.8. The number of anilines is 2. The summed E-state index contributed by atoms with van der Waals surface area (Å²) in [6.07, 6.45) is -9.22. The summed E-state index contributed by atoms with van der Waals surface area (Å²) in [6.45, 7) is 0. The Morgan fingerprint density at radius 2 is 1.26 bits per heavy atom. The molecular weight excluding hydrogens is 600 g/mol. The minimum absolute atomic E-state index is 0.0117. The van der Waals surface area contributed by atoms with E-state index in [1.54, 1.807) is 12.1 Å². The van der Waals surface area contributed by atoms with Crippen LogP contribution in [0.3, 0.4) is 0 Å². The summed E-state index contributed by atoms with van der Waals surface area (Å²) in [5.74, 6) is -1.38. The SMILES string of the molecule is O=C(O)c1cccc(Nc2nnc(-c3cc(Oc4cccc(C(F)(F)F)c4)cc(Oc4cccc(C(F)(F)F)c4)c3)s2)c1. The van der Waals surface area contributed by atoms with Gasteiger partial charge in [-0.1, -0.05) is 29.5 Å². The number of hydrogen-bond acceptors (Lipinski definition) is 7. The Bertz CT molecular complexity index is 1710. The fourth-order valence-corrected chi connectivity index (χ4v) is 4.55. The van der Waals surface area contributed by atoms with E-state index < -0.39 is 29.4 Å². The fraction of sp³-hybridized carbons (Fsp3) is 0.0690. The largest absolute Gasteiger partial charge is 0.478 e. The highest BCUT2D eigenvalue weighted by atomic mass is 32.1. The van der Waals surface area contributed by atoms with E-state index in [2.05, 4.69) is 15.5 Å². The van der Waals surface area contributed by atoms with Crippen molar-refractivity contribution in [1.29, 1.82) is 0 Å². The van der Waals surface area contributed by atoms with Crippen molar-refractivity contribution in [2.45, 2.75) is 12.4 Å². The van der Waals surface area contributed by atoms with Crippen molar-refractivity contribution in [1.82, 2.24) is 10.2 Å². The number of hydrogen-bond donors (Lipinski definition) is 2. The quantitative estimate of drug-likeness (QED) is 0.168. The number of carboxylic acids is 1. The van der Waals surface area contributed by atoms with E-state index in [-0.39, 0.29) is 33.7 Å². The Kier molecular flexibility index (Phi) is 7.96. The third-order valence-electron chi connectivity index (χ3n) is 5.71. The Morgan fingerprint density at radius 3 is 1.79 bits per heavy atom. The normalized spacial score (nSPS) is 11.7. The number of ether oxygens (including phenoxy) is 2. The number of halogens is 6. The number of carbonyl (C=O) groups is 1.